The van der Waals surface area contributed by atoms with Gasteiger partial charge in [0.25, 0.3) is 0 Å². The van der Waals surface area contributed by atoms with Crippen molar-refractivity contribution >= 4 is 54.5 Å². The number of hydrogen-bond acceptors (Lipinski definition) is 0. The maximum Gasteiger partial charge on any atom is 0.0312 e. The van der Waals surface area contributed by atoms with Crippen LogP contribution in [0.15, 0.2) is 21.1 Å². The molecule has 0 aromatic heterocycles. The smallest absolute Gasteiger partial charge is 0.0312 e. The third-order valence-electron chi connectivity index (χ3n) is 1.27. The van der Waals surface area contributed by atoms with Crippen LogP contribution in [0.4, 0.5) is 0 Å². The van der Waals surface area contributed by atoms with E-state index in [-0.39, 0.29) is 0 Å². The number of rotatable bonds is 0. The largest absolute Gasteiger partial charge is 0.0505 e. The summed E-state index contributed by atoms with van der Waals surface area (Å²) >= 11 is 9.22. The molecule has 0 unspecified atom stereocenters. The molecule has 0 saturated heterocycles. The minimum Gasteiger partial charge on any atom is -0.0505 e. The molecule has 0 aliphatic heterocycles. The highest BCUT2D eigenvalue weighted by atomic mass is 127. The summed E-state index contributed by atoms with van der Waals surface area (Å²) in [7, 11) is 0. The molecule has 0 fully saturated rings. The molecule has 0 radical (unpaired) electrons. The summed E-state index contributed by atoms with van der Waals surface area (Å²) in [5.74, 6) is 0. The maximum atomic E-state index is 3.45. The first-order chi connectivity index (χ1) is 4.63. The van der Waals surface area contributed by atoms with Gasteiger partial charge in [0.1, 0.15) is 0 Å². The predicted octanol–water partition coefficient (Wildman–Crippen LogP) is 4.12. The highest BCUT2D eigenvalue weighted by Gasteiger charge is 2.01. The van der Waals surface area contributed by atoms with Crippen molar-refractivity contribution in [1.82, 2.24) is 0 Å². The topological polar surface area (TPSA) is 0 Å². The molecule has 54 valence electrons. The van der Waals surface area contributed by atoms with Gasteiger partial charge in [-0.2, -0.15) is 0 Å². The lowest BCUT2D eigenvalue weighted by Gasteiger charge is -2.01. The Balaban J connectivity index is 3.34. The molecule has 1 aromatic carbocycles. The van der Waals surface area contributed by atoms with Crippen molar-refractivity contribution in [2.24, 2.45) is 0 Å². The van der Waals surface area contributed by atoms with E-state index in [1.807, 2.05) is 12.1 Å². The van der Waals surface area contributed by atoms with E-state index in [4.69, 9.17) is 0 Å². The van der Waals surface area contributed by atoms with Gasteiger partial charge in [0.15, 0.2) is 0 Å². The minimum atomic E-state index is 1.16. The Morgan fingerprint density at radius 3 is 2.20 bits per heavy atom. The molecule has 3 heteroatoms. The molecular formula is C7H5Br2I. The van der Waals surface area contributed by atoms with E-state index in [2.05, 4.69) is 61.4 Å². The Labute approximate surface area is 90.8 Å². The highest BCUT2D eigenvalue weighted by molar-refractivity contribution is 14.1. The van der Waals surface area contributed by atoms with Crippen molar-refractivity contribution in [2.75, 3.05) is 0 Å². The van der Waals surface area contributed by atoms with Gasteiger partial charge in [-0.05, 0) is 63.1 Å². The molecule has 0 heterocycles. The quantitative estimate of drug-likeness (QED) is 0.472. The minimum absolute atomic E-state index is 1.16. The fraction of sp³-hybridized carbons (Fsp3) is 0.143. The van der Waals surface area contributed by atoms with Crippen LogP contribution in [0.3, 0.4) is 0 Å². The van der Waals surface area contributed by atoms with Gasteiger partial charge in [-0.25, -0.2) is 0 Å². The average molecular weight is 376 g/mol. The summed E-state index contributed by atoms with van der Waals surface area (Å²) in [6.07, 6.45) is 0. The normalized spacial score (nSPS) is 10.0. The van der Waals surface area contributed by atoms with Crippen LogP contribution in [-0.4, -0.2) is 0 Å². The van der Waals surface area contributed by atoms with Crippen LogP contribution in [0, 0.1) is 10.5 Å². The standard InChI is InChI=1S/C7H5Br2I/c1-4-5(8)2-3-6(9)7(4)10/h2-3H,1H3. The lowest BCUT2D eigenvalue weighted by Crippen LogP contribution is -1.82. The molecular weight excluding hydrogens is 371 g/mol. The second-order valence-electron chi connectivity index (χ2n) is 1.97. The zero-order valence-electron chi connectivity index (χ0n) is 5.29. The van der Waals surface area contributed by atoms with Gasteiger partial charge in [0, 0.05) is 12.5 Å². The van der Waals surface area contributed by atoms with Crippen LogP contribution in [0.25, 0.3) is 0 Å². The van der Waals surface area contributed by atoms with Crippen LogP contribution in [0.1, 0.15) is 5.56 Å². The summed E-state index contributed by atoms with van der Waals surface area (Å²) in [5.41, 5.74) is 1.29. The maximum absolute atomic E-state index is 3.45. The third-order valence-corrected chi connectivity index (χ3v) is 4.92. The van der Waals surface area contributed by atoms with E-state index >= 15 is 0 Å². The lowest BCUT2D eigenvalue weighted by atomic mass is 10.2. The molecule has 0 atom stereocenters. The zero-order chi connectivity index (χ0) is 7.72. The first kappa shape index (κ1) is 9.00. The molecule has 0 aliphatic rings. The molecule has 0 N–H and O–H groups in total. The van der Waals surface area contributed by atoms with Gasteiger partial charge in [-0.1, -0.05) is 15.9 Å². The molecule has 1 rings (SSSR count). The van der Waals surface area contributed by atoms with Crippen molar-refractivity contribution < 1.29 is 0 Å². The lowest BCUT2D eigenvalue weighted by molar-refractivity contribution is 1.37. The van der Waals surface area contributed by atoms with Crippen molar-refractivity contribution in [3.8, 4) is 0 Å². The fourth-order valence-corrected chi connectivity index (χ4v) is 2.23. The van der Waals surface area contributed by atoms with Crippen molar-refractivity contribution in [3.05, 3.63) is 30.2 Å². The summed E-state index contributed by atoms with van der Waals surface area (Å²) in [6, 6.07) is 4.08. The van der Waals surface area contributed by atoms with E-state index in [1.165, 1.54) is 13.6 Å². The Bertz CT molecular complexity index is 231. The SMILES string of the molecule is Cc1c(Br)ccc(Br)c1I. The summed E-state index contributed by atoms with van der Waals surface area (Å²) in [4.78, 5) is 0. The third kappa shape index (κ3) is 1.74. The zero-order valence-corrected chi connectivity index (χ0v) is 10.6. The first-order valence-electron chi connectivity index (χ1n) is 2.73. The van der Waals surface area contributed by atoms with Crippen LogP contribution < -0.4 is 0 Å². The van der Waals surface area contributed by atoms with Crippen LogP contribution in [-0.2, 0) is 0 Å². The fourth-order valence-electron chi connectivity index (χ4n) is 0.628. The van der Waals surface area contributed by atoms with Gasteiger partial charge in [-0.15, -0.1) is 0 Å². The first-order valence-corrected chi connectivity index (χ1v) is 5.39. The Morgan fingerprint density at radius 2 is 1.70 bits per heavy atom. The van der Waals surface area contributed by atoms with Gasteiger partial charge in [0.05, 0.1) is 0 Å². The van der Waals surface area contributed by atoms with E-state index in [9.17, 15) is 0 Å². The van der Waals surface area contributed by atoms with Crippen molar-refractivity contribution in [1.29, 1.82) is 0 Å². The number of halogens is 3. The molecule has 1 aromatic rings. The molecule has 0 bridgehead atoms. The monoisotopic (exact) mass is 374 g/mol. The van der Waals surface area contributed by atoms with E-state index in [0.29, 0.717) is 0 Å². The van der Waals surface area contributed by atoms with Crippen LogP contribution in [0.2, 0.25) is 0 Å². The summed E-state index contributed by atoms with van der Waals surface area (Å²) in [6.45, 7) is 2.09. The van der Waals surface area contributed by atoms with Gasteiger partial charge in [-0.3, -0.25) is 0 Å². The van der Waals surface area contributed by atoms with Gasteiger partial charge >= 0.3 is 0 Å². The van der Waals surface area contributed by atoms with Crippen LogP contribution in [0.5, 0.6) is 0 Å². The van der Waals surface area contributed by atoms with Crippen molar-refractivity contribution in [2.45, 2.75) is 6.92 Å². The summed E-state index contributed by atoms with van der Waals surface area (Å²) < 4.78 is 3.60. The number of hydrogen-bond donors (Lipinski definition) is 0. The average Bonchev–Trinajstić information content (AvgIpc) is 1.93. The summed E-state index contributed by atoms with van der Waals surface area (Å²) in [5, 5.41) is 0. The van der Waals surface area contributed by atoms with E-state index < -0.39 is 0 Å². The van der Waals surface area contributed by atoms with Gasteiger partial charge in [0.2, 0.25) is 0 Å². The van der Waals surface area contributed by atoms with E-state index in [1.54, 1.807) is 0 Å². The molecule has 0 saturated carbocycles. The molecule has 0 amide bonds. The molecule has 0 spiro atoms. The van der Waals surface area contributed by atoms with E-state index in [0.717, 1.165) is 4.47 Å². The van der Waals surface area contributed by atoms with Crippen LogP contribution >= 0.6 is 54.5 Å². The molecule has 10 heavy (non-hydrogen) atoms. The Hall–Kier alpha value is 0.910. The Kier molecular flexibility index (Phi) is 3.19. The predicted molar refractivity (Wildman–Crippen MR) is 59.3 cm³/mol. The van der Waals surface area contributed by atoms with Gasteiger partial charge < -0.3 is 0 Å². The van der Waals surface area contributed by atoms with Crippen molar-refractivity contribution in [3.63, 3.8) is 0 Å². The molecule has 0 aliphatic carbocycles. The Morgan fingerprint density at radius 1 is 1.20 bits per heavy atom. The molecule has 0 nitrogen and oxygen atoms in total. The second-order valence-corrected chi connectivity index (χ2v) is 4.76. The highest BCUT2D eigenvalue weighted by Crippen LogP contribution is 2.27. The number of benzene rings is 1. The second kappa shape index (κ2) is 3.54.